The molecule has 1 fully saturated rings. The molecule has 3 rings (SSSR count). The minimum atomic E-state index is -0.494. The van der Waals surface area contributed by atoms with Gasteiger partial charge in [-0.3, -0.25) is 4.90 Å². The molecule has 6 nitrogen and oxygen atoms in total. The smallest absolute Gasteiger partial charge is 0.407 e. The lowest BCUT2D eigenvalue weighted by molar-refractivity contribution is 0.0435. The first-order valence-corrected chi connectivity index (χ1v) is 11.5. The Balaban J connectivity index is 1.67. The Morgan fingerprint density at radius 2 is 2.10 bits per heavy atom. The number of thiazole rings is 1. The lowest BCUT2D eigenvalue weighted by atomic mass is 9.96. The van der Waals surface area contributed by atoms with Gasteiger partial charge in [0.2, 0.25) is 0 Å². The average Bonchev–Trinajstić information content (AvgIpc) is 3.15. The van der Waals surface area contributed by atoms with Crippen LogP contribution in [0, 0.1) is 0 Å². The lowest BCUT2D eigenvalue weighted by Gasteiger charge is -2.39. The number of methoxy groups -OCH3 is 1. The SMILES string of the molecule is COc1ccccc1-c1nc(CN2CCCCC2C(C)NC(=O)OC(C)(C)C)cs1. The van der Waals surface area contributed by atoms with Crippen molar-refractivity contribution in [2.24, 2.45) is 0 Å². The Morgan fingerprint density at radius 3 is 2.83 bits per heavy atom. The Kier molecular flexibility index (Phi) is 7.36. The number of nitrogens with zero attached hydrogens (tertiary/aromatic N) is 2. The molecule has 2 unspecified atom stereocenters. The van der Waals surface area contributed by atoms with Crippen molar-refractivity contribution in [3.8, 4) is 16.3 Å². The van der Waals surface area contributed by atoms with Crippen LogP contribution in [0.3, 0.4) is 0 Å². The third-order valence-electron chi connectivity index (χ3n) is 5.24. The highest BCUT2D eigenvalue weighted by Crippen LogP contribution is 2.32. The molecule has 1 aliphatic rings. The topological polar surface area (TPSA) is 63.7 Å². The van der Waals surface area contributed by atoms with Crippen molar-refractivity contribution in [2.75, 3.05) is 13.7 Å². The number of para-hydroxylation sites is 1. The van der Waals surface area contributed by atoms with Gasteiger partial charge in [-0.1, -0.05) is 18.6 Å². The highest BCUT2D eigenvalue weighted by atomic mass is 32.1. The molecule has 0 saturated carbocycles. The predicted molar refractivity (Wildman–Crippen MR) is 121 cm³/mol. The van der Waals surface area contributed by atoms with Crippen molar-refractivity contribution < 1.29 is 14.3 Å². The summed E-state index contributed by atoms with van der Waals surface area (Å²) < 4.78 is 10.9. The predicted octanol–water partition coefficient (Wildman–Crippen LogP) is 5.09. The third kappa shape index (κ3) is 5.95. The van der Waals surface area contributed by atoms with Crippen molar-refractivity contribution in [2.45, 2.75) is 71.2 Å². The van der Waals surface area contributed by atoms with E-state index >= 15 is 0 Å². The summed E-state index contributed by atoms with van der Waals surface area (Å²) in [4.78, 5) is 19.5. The third-order valence-corrected chi connectivity index (χ3v) is 6.16. The van der Waals surface area contributed by atoms with E-state index < -0.39 is 5.60 Å². The van der Waals surface area contributed by atoms with Gasteiger partial charge >= 0.3 is 6.09 Å². The number of nitrogens with one attached hydrogen (secondary N) is 1. The highest BCUT2D eigenvalue weighted by Gasteiger charge is 2.30. The van der Waals surface area contributed by atoms with E-state index in [0.29, 0.717) is 0 Å². The fourth-order valence-electron chi connectivity index (χ4n) is 3.90. The molecule has 1 amide bonds. The molecular formula is C23H33N3O3S. The first kappa shape index (κ1) is 22.6. The summed E-state index contributed by atoms with van der Waals surface area (Å²) >= 11 is 1.64. The maximum atomic E-state index is 12.2. The van der Waals surface area contributed by atoms with Crippen molar-refractivity contribution in [3.05, 3.63) is 35.3 Å². The number of aromatic nitrogens is 1. The number of alkyl carbamates (subject to hydrolysis) is 1. The molecule has 1 aromatic heterocycles. The van der Waals surface area contributed by atoms with Crippen LogP contribution in [-0.2, 0) is 11.3 Å². The number of amides is 1. The second kappa shape index (κ2) is 9.79. The standard InChI is InChI=1S/C23H33N3O3S/c1-16(24-22(27)29-23(2,3)4)19-11-8-9-13-26(19)14-17-15-30-21(25-17)18-10-6-7-12-20(18)28-5/h6-7,10,12,15-16,19H,8-9,11,13-14H2,1-5H3,(H,24,27). The summed E-state index contributed by atoms with van der Waals surface area (Å²) in [6.45, 7) is 9.49. The number of hydrogen-bond acceptors (Lipinski definition) is 6. The van der Waals surface area contributed by atoms with Gasteiger partial charge in [-0.05, 0) is 59.2 Å². The van der Waals surface area contributed by atoms with Gasteiger partial charge < -0.3 is 14.8 Å². The van der Waals surface area contributed by atoms with E-state index in [4.69, 9.17) is 14.5 Å². The van der Waals surface area contributed by atoms with Crippen LogP contribution in [0.1, 0.15) is 52.7 Å². The summed E-state index contributed by atoms with van der Waals surface area (Å²) in [5, 5.41) is 6.12. The van der Waals surface area contributed by atoms with Gasteiger partial charge in [0.1, 0.15) is 16.4 Å². The summed E-state index contributed by atoms with van der Waals surface area (Å²) in [7, 11) is 1.69. The normalized spacial score (nSPS) is 18.6. The van der Waals surface area contributed by atoms with E-state index in [2.05, 4.69) is 22.5 Å². The Bertz CT molecular complexity index is 846. The van der Waals surface area contributed by atoms with E-state index in [1.165, 1.54) is 12.8 Å². The largest absolute Gasteiger partial charge is 0.496 e. The van der Waals surface area contributed by atoms with E-state index in [9.17, 15) is 4.79 Å². The molecule has 30 heavy (non-hydrogen) atoms. The highest BCUT2D eigenvalue weighted by molar-refractivity contribution is 7.13. The number of carbonyl (C=O) groups is 1. The quantitative estimate of drug-likeness (QED) is 0.690. The molecule has 1 aromatic carbocycles. The van der Waals surface area contributed by atoms with Crippen LogP contribution in [0.25, 0.3) is 10.6 Å². The second-order valence-corrected chi connectivity index (χ2v) is 9.67. The number of ether oxygens (including phenoxy) is 2. The molecule has 0 spiro atoms. The van der Waals surface area contributed by atoms with Gasteiger partial charge in [0.25, 0.3) is 0 Å². The summed E-state index contributed by atoms with van der Waals surface area (Å²) in [6.07, 6.45) is 3.04. The summed E-state index contributed by atoms with van der Waals surface area (Å²) in [6, 6.07) is 8.24. The summed E-state index contributed by atoms with van der Waals surface area (Å²) in [5.74, 6) is 0.837. The van der Waals surface area contributed by atoms with Crippen molar-refractivity contribution in [1.82, 2.24) is 15.2 Å². The molecule has 0 aliphatic carbocycles. The molecule has 2 heterocycles. The molecule has 0 radical (unpaired) electrons. The Hall–Kier alpha value is -2.12. The molecule has 1 N–H and O–H groups in total. The fraction of sp³-hybridized carbons (Fsp3) is 0.565. The molecule has 0 bridgehead atoms. The van der Waals surface area contributed by atoms with E-state index in [1.807, 2.05) is 45.0 Å². The Labute approximate surface area is 183 Å². The number of benzene rings is 1. The molecule has 164 valence electrons. The second-order valence-electron chi connectivity index (χ2n) is 8.81. The van der Waals surface area contributed by atoms with Crippen LogP contribution in [-0.4, -0.2) is 47.3 Å². The molecule has 1 saturated heterocycles. The van der Waals surface area contributed by atoms with Crippen LogP contribution < -0.4 is 10.1 Å². The number of piperidine rings is 1. The molecule has 2 atom stereocenters. The van der Waals surface area contributed by atoms with Crippen molar-refractivity contribution in [1.29, 1.82) is 0 Å². The van der Waals surface area contributed by atoms with Gasteiger partial charge in [-0.25, -0.2) is 9.78 Å². The van der Waals surface area contributed by atoms with Crippen molar-refractivity contribution >= 4 is 17.4 Å². The number of rotatable bonds is 6. The lowest BCUT2D eigenvalue weighted by Crippen LogP contribution is -2.52. The van der Waals surface area contributed by atoms with Crippen LogP contribution in [0.4, 0.5) is 4.79 Å². The molecular weight excluding hydrogens is 398 g/mol. The average molecular weight is 432 g/mol. The zero-order valence-corrected chi connectivity index (χ0v) is 19.4. The van der Waals surface area contributed by atoms with E-state index in [0.717, 1.165) is 41.5 Å². The maximum Gasteiger partial charge on any atom is 0.407 e. The van der Waals surface area contributed by atoms with Gasteiger partial charge in [0.05, 0.1) is 18.4 Å². The first-order chi connectivity index (χ1) is 14.3. The van der Waals surface area contributed by atoms with Crippen molar-refractivity contribution in [3.63, 3.8) is 0 Å². The molecule has 2 aromatic rings. The van der Waals surface area contributed by atoms with E-state index in [1.54, 1.807) is 18.4 Å². The minimum absolute atomic E-state index is 0.00692. The number of hydrogen-bond donors (Lipinski definition) is 1. The van der Waals surface area contributed by atoms with E-state index in [-0.39, 0.29) is 18.2 Å². The zero-order valence-electron chi connectivity index (χ0n) is 18.6. The van der Waals surface area contributed by atoms with Crippen LogP contribution in [0.2, 0.25) is 0 Å². The van der Waals surface area contributed by atoms with Gasteiger partial charge in [0.15, 0.2) is 0 Å². The number of carbonyl (C=O) groups excluding carboxylic acids is 1. The van der Waals surface area contributed by atoms with Gasteiger partial charge in [0, 0.05) is 24.0 Å². The van der Waals surface area contributed by atoms with Crippen LogP contribution in [0.15, 0.2) is 29.6 Å². The monoisotopic (exact) mass is 431 g/mol. The zero-order chi connectivity index (χ0) is 21.7. The molecule has 7 heteroatoms. The molecule has 1 aliphatic heterocycles. The van der Waals surface area contributed by atoms with Crippen LogP contribution >= 0.6 is 11.3 Å². The van der Waals surface area contributed by atoms with Gasteiger partial charge in [-0.2, -0.15) is 0 Å². The minimum Gasteiger partial charge on any atom is -0.496 e. The number of likely N-dealkylation sites (tertiary alicyclic amines) is 1. The van der Waals surface area contributed by atoms with Crippen LogP contribution in [0.5, 0.6) is 5.75 Å². The van der Waals surface area contributed by atoms with Gasteiger partial charge in [-0.15, -0.1) is 11.3 Å². The summed E-state index contributed by atoms with van der Waals surface area (Å²) in [5.41, 5.74) is 1.58. The Morgan fingerprint density at radius 1 is 1.33 bits per heavy atom. The first-order valence-electron chi connectivity index (χ1n) is 10.6. The fourth-order valence-corrected chi connectivity index (χ4v) is 4.74. The maximum absolute atomic E-state index is 12.2.